The molecule has 6 heteroatoms. The lowest BCUT2D eigenvalue weighted by atomic mass is 10.1. The van der Waals surface area contributed by atoms with Crippen LogP contribution in [0.25, 0.3) is 0 Å². The highest BCUT2D eigenvalue weighted by Crippen LogP contribution is 2.06. The van der Waals surface area contributed by atoms with Crippen LogP contribution in [0.15, 0.2) is 0 Å². The van der Waals surface area contributed by atoms with E-state index in [-0.39, 0.29) is 6.61 Å². The Hall–Kier alpha value is -1.14. The number of urea groups is 1. The number of ether oxygens (including phenoxy) is 1. The molecule has 80 valence electrons. The first kappa shape index (κ1) is 10.9. The van der Waals surface area contributed by atoms with Crippen LogP contribution in [0.3, 0.4) is 0 Å². The van der Waals surface area contributed by atoms with E-state index in [1.165, 1.54) is 0 Å². The highest BCUT2D eigenvalue weighted by molar-refractivity contribution is 5.94. The standard InChI is InChI=1S/C8H15N3O3/c9-8(13)11-7(12)5-14-4-6-1-2-10-3-6/h6,10H,1-5H2,(H3,9,11,12,13). The quantitative estimate of drug-likeness (QED) is 0.533. The number of rotatable bonds is 4. The van der Waals surface area contributed by atoms with Crippen molar-refractivity contribution >= 4 is 11.9 Å². The Balaban J connectivity index is 2.02. The minimum Gasteiger partial charge on any atom is -0.371 e. The van der Waals surface area contributed by atoms with Crippen molar-refractivity contribution in [1.82, 2.24) is 10.6 Å². The molecule has 0 aromatic carbocycles. The Morgan fingerprint density at radius 2 is 2.36 bits per heavy atom. The third-order valence-corrected chi connectivity index (χ3v) is 2.01. The molecule has 1 aliphatic heterocycles. The van der Waals surface area contributed by atoms with Gasteiger partial charge in [0.25, 0.3) is 5.91 Å². The van der Waals surface area contributed by atoms with E-state index < -0.39 is 11.9 Å². The molecule has 1 heterocycles. The van der Waals surface area contributed by atoms with Crippen molar-refractivity contribution in [2.75, 3.05) is 26.3 Å². The van der Waals surface area contributed by atoms with Crippen molar-refractivity contribution in [1.29, 1.82) is 0 Å². The Labute approximate surface area is 82.2 Å². The molecule has 1 aliphatic rings. The van der Waals surface area contributed by atoms with Gasteiger partial charge in [-0.1, -0.05) is 0 Å². The minimum atomic E-state index is -0.846. The summed E-state index contributed by atoms with van der Waals surface area (Å²) < 4.78 is 5.12. The summed E-state index contributed by atoms with van der Waals surface area (Å²) in [5.41, 5.74) is 4.75. The number of amides is 3. The number of carbonyl (C=O) groups excluding carboxylic acids is 2. The van der Waals surface area contributed by atoms with Gasteiger partial charge in [-0.05, 0) is 18.9 Å². The van der Waals surface area contributed by atoms with Gasteiger partial charge in [0.15, 0.2) is 0 Å². The number of hydrogen-bond acceptors (Lipinski definition) is 4. The van der Waals surface area contributed by atoms with Crippen LogP contribution in [-0.2, 0) is 9.53 Å². The first-order chi connectivity index (χ1) is 6.68. The van der Waals surface area contributed by atoms with Gasteiger partial charge in [0.05, 0.1) is 6.61 Å². The van der Waals surface area contributed by atoms with Crippen molar-refractivity contribution in [3.63, 3.8) is 0 Å². The number of primary amides is 1. The zero-order chi connectivity index (χ0) is 10.4. The van der Waals surface area contributed by atoms with E-state index in [2.05, 4.69) is 5.32 Å². The molecule has 6 nitrogen and oxygen atoms in total. The van der Waals surface area contributed by atoms with Gasteiger partial charge in [-0.2, -0.15) is 0 Å². The van der Waals surface area contributed by atoms with Crippen molar-refractivity contribution < 1.29 is 14.3 Å². The molecular weight excluding hydrogens is 186 g/mol. The fraction of sp³-hybridized carbons (Fsp3) is 0.750. The van der Waals surface area contributed by atoms with Crippen LogP contribution in [0.5, 0.6) is 0 Å². The topological polar surface area (TPSA) is 93.5 Å². The molecule has 0 aromatic rings. The second-order valence-corrected chi connectivity index (χ2v) is 3.29. The van der Waals surface area contributed by atoms with Gasteiger partial charge in [-0.15, -0.1) is 0 Å². The van der Waals surface area contributed by atoms with Crippen LogP contribution >= 0.6 is 0 Å². The zero-order valence-corrected chi connectivity index (χ0v) is 7.91. The monoisotopic (exact) mass is 201 g/mol. The number of hydrogen-bond donors (Lipinski definition) is 3. The third-order valence-electron chi connectivity index (χ3n) is 2.01. The van der Waals surface area contributed by atoms with Gasteiger partial charge < -0.3 is 15.8 Å². The van der Waals surface area contributed by atoms with Crippen LogP contribution < -0.4 is 16.4 Å². The highest BCUT2D eigenvalue weighted by atomic mass is 16.5. The molecule has 1 rings (SSSR count). The first-order valence-electron chi connectivity index (χ1n) is 4.56. The largest absolute Gasteiger partial charge is 0.371 e. The maximum Gasteiger partial charge on any atom is 0.318 e. The van der Waals surface area contributed by atoms with E-state index in [4.69, 9.17) is 10.5 Å². The van der Waals surface area contributed by atoms with Crippen LogP contribution in [-0.4, -0.2) is 38.2 Å². The van der Waals surface area contributed by atoms with E-state index in [0.717, 1.165) is 19.5 Å². The molecule has 0 saturated carbocycles. The lowest BCUT2D eigenvalue weighted by Crippen LogP contribution is -2.37. The molecule has 0 spiro atoms. The van der Waals surface area contributed by atoms with E-state index in [0.29, 0.717) is 12.5 Å². The molecule has 0 aromatic heterocycles. The predicted molar refractivity (Wildman–Crippen MR) is 49.5 cm³/mol. The molecule has 3 amide bonds. The van der Waals surface area contributed by atoms with E-state index >= 15 is 0 Å². The third kappa shape index (κ3) is 4.20. The average Bonchev–Trinajstić information content (AvgIpc) is 2.55. The molecule has 1 unspecified atom stereocenters. The van der Waals surface area contributed by atoms with Crippen molar-refractivity contribution in [2.45, 2.75) is 6.42 Å². The number of nitrogens with two attached hydrogens (primary N) is 1. The van der Waals surface area contributed by atoms with E-state index in [9.17, 15) is 9.59 Å². The van der Waals surface area contributed by atoms with E-state index in [1.807, 2.05) is 5.32 Å². The van der Waals surface area contributed by atoms with Crippen LogP contribution in [0, 0.1) is 5.92 Å². The van der Waals surface area contributed by atoms with Gasteiger partial charge >= 0.3 is 6.03 Å². The van der Waals surface area contributed by atoms with Crippen LogP contribution in [0.4, 0.5) is 4.79 Å². The molecule has 0 radical (unpaired) electrons. The highest BCUT2D eigenvalue weighted by Gasteiger charge is 2.14. The Morgan fingerprint density at radius 3 is 2.93 bits per heavy atom. The molecule has 1 fully saturated rings. The average molecular weight is 201 g/mol. The van der Waals surface area contributed by atoms with Crippen molar-refractivity contribution in [3.8, 4) is 0 Å². The zero-order valence-electron chi connectivity index (χ0n) is 7.91. The Bertz CT molecular complexity index is 214. The predicted octanol–water partition coefficient (Wildman–Crippen LogP) is -1.19. The number of nitrogens with one attached hydrogen (secondary N) is 2. The van der Waals surface area contributed by atoms with Crippen molar-refractivity contribution in [2.24, 2.45) is 11.7 Å². The maximum atomic E-state index is 10.9. The van der Waals surface area contributed by atoms with Crippen molar-refractivity contribution in [3.05, 3.63) is 0 Å². The fourth-order valence-electron chi connectivity index (χ4n) is 1.35. The summed E-state index contributed by atoms with van der Waals surface area (Å²) in [5, 5.41) is 5.12. The summed E-state index contributed by atoms with van der Waals surface area (Å²) in [6, 6.07) is -0.846. The van der Waals surface area contributed by atoms with Gasteiger partial charge in [-0.25, -0.2) is 4.79 Å². The number of imide groups is 1. The van der Waals surface area contributed by atoms with Crippen LogP contribution in [0.1, 0.15) is 6.42 Å². The summed E-state index contributed by atoms with van der Waals surface area (Å²) in [7, 11) is 0. The minimum absolute atomic E-state index is 0.112. The number of carbonyl (C=O) groups is 2. The van der Waals surface area contributed by atoms with E-state index in [1.54, 1.807) is 0 Å². The summed E-state index contributed by atoms with van der Waals surface area (Å²) in [4.78, 5) is 21.1. The Morgan fingerprint density at radius 1 is 1.57 bits per heavy atom. The second-order valence-electron chi connectivity index (χ2n) is 3.29. The fourth-order valence-corrected chi connectivity index (χ4v) is 1.35. The molecule has 0 aliphatic carbocycles. The lowest BCUT2D eigenvalue weighted by molar-refractivity contribution is -0.124. The van der Waals surface area contributed by atoms with Gasteiger partial charge in [0.1, 0.15) is 6.61 Å². The summed E-state index contributed by atoms with van der Waals surface area (Å²) in [5.74, 6) is -0.0279. The first-order valence-corrected chi connectivity index (χ1v) is 4.56. The summed E-state index contributed by atoms with van der Waals surface area (Å²) in [6.45, 7) is 2.36. The maximum absolute atomic E-state index is 10.9. The molecule has 14 heavy (non-hydrogen) atoms. The molecule has 0 bridgehead atoms. The molecule has 1 atom stereocenters. The van der Waals surface area contributed by atoms with Crippen LogP contribution in [0.2, 0.25) is 0 Å². The normalized spacial score (nSPS) is 20.7. The molecule has 4 N–H and O–H groups in total. The Kier molecular flexibility index (Phi) is 4.34. The smallest absolute Gasteiger partial charge is 0.318 e. The molecular formula is C8H15N3O3. The summed E-state index contributed by atoms with van der Waals surface area (Å²) in [6.07, 6.45) is 1.07. The second kappa shape index (κ2) is 5.56. The van der Waals surface area contributed by atoms with Gasteiger partial charge in [0, 0.05) is 6.54 Å². The SMILES string of the molecule is NC(=O)NC(=O)COCC1CCNC1. The van der Waals surface area contributed by atoms with Gasteiger partial charge in [-0.3, -0.25) is 10.1 Å². The lowest BCUT2D eigenvalue weighted by Gasteiger charge is -2.08. The molecule has 1 saturated heterocycles. The summed E-state index contributed by atoms with van der Waals surface area (Å²) >= 11 is 0. The van der Waals surface area contributed by atoms with Gasteiger partial charge in [0.2, 0.25) is 0 Å².